The highest BCUT2D eigenvalue weighted by Crippen LogP contribution is 2.25. The Morgan fingerprint density at radius 3 is 2.88 bits per heavy atom. The van der Waals surface area contributed by atoms with Gasteiger partial charge in [-0.2, -0.15) is 0 Å². The van der Waals surface area contributed by atoms with Crippen LogP contribution in [0.25, 0.3) is 10.8 Å². The topological polar surface area (TPSA) is 43.4 Å². The van der Waals surface area contributed by atoms with Crippen molar-refractivity contribution in [2.45, 2.75) is 12.8 Å². The van der Waals surface area contributed by atoms with E-state index in [1.165, 1.54) is 12.1 Å². The predicted molar refractivity (Wildman–Crippen MR) is 95.3 cm³/mol. The molecule has 1 fully saturated rings. The Morgan fingerprint density at radius 2 is 2.12 bits per heavy atom. The van der Waals surface area contributed by atoms with Crippen molar-refractivity contribution < 1.29 is 13.5 Å². The third-order valence-corrected chi connectivity index (χ3v) is 5.22. The highest BCUT2D eigenvalue weighted by Gasteiger charge is 2.23. The monoisotopic (exact) mass is 377 g/mol. The van der Waals surface area contributed by atoms with Crippen LogP contribution in [0.5, 0.6) is 0 Å². The van der Waals surface area contributed by atoms with Crippen LogP contribution < -0.4 is 0 Å². The number of ether oxygens (including phenoxy) is 1. The SMILES string of the molecule is Fc1ccc(C2CN(Cn3nc(-c4cccs4)oc3=S)CCO2)cc1. The molecule has 2 aromatic heterocycles. The van der Waals surface area contributed by atoms with Gasteiger partial charge in [-0.05, 0) is 41.4 Å². The molecule has 1 aromatic carbocycles. The van der Waals surface area contributed by atoms with E-state index in [0.29, 0.717) is 30.5 Å². The third kappa shape index (κ3) is 3.72. The second-order valence-electron chi connectivity index (χ2n) is 5.78. The number of hydrogen-bond donors (Lipinski definition) is 0. The van der Waals surface area contributed by atoms with Crippen LogP contribution in [0, 0.1) is 10.7 Å². The zero-order valence-corrected chi connectivity index (χ0v) is 14.9. The number of hydrogen-bond acceptors (Lipinski definition) is 6. The summed E-state index contributed by atoms with van der Waals surface area (Å²) in [6, 6.07) is 10.3. The first kappa shape index (κ1) is 16.6. The molecular formula is C17H16FN3O2S2. The summed E-state index contributed by atoms with van der Waals surface area (Å²) in [5.74, 6) is 0.301. The molecule has 25 heavy (non-hydrogen) atoms. The lowest BCUT2D eigenvalue weighted by Crippen LogP contribution is -2.39. The molecule has 1 saturated heterocycles. The highest BCUT2D eigenvalue weighted by atomic mass is 32.1. The lowest BCUT2D eigenvalue weighted by molar-refractivity contribution is -0.0420. The van der Waals surface area contributed by atoms with Crippen molar-refractivity contribution in [2.24, 2.45) is 0 Å². The normalized spacial score (nSPS) is 18.5. The van der Waals surface area contributed by atoms with Crippen LogP contribution >= 0.6 is 23.6 Å². The molecule has 5 nitrogen and oxygen atoms in total. The van der Waals surface area contributed by atoms with Gasteiger partial charge in [-0.3, -0.25) is 4.90 Å². The maximum Gasteiger partial charge on any atom is 0.288 e. The summed E-state index contributed by atoms with van der Waals surface area (Å²) in [7, 11) is 0. The van der Waals surface area contributed by atoms with Gasteiger partial charge in [0.15, 0.2) is 0 Å². The van der Waals surface area contributed by atoms with Crippen LogP contribution in [0.4, 0.5) is 4.39 Å². The minimum absolute atomic E-state index is 0.0906. The fourth-order valence-corrected chi connectivity index (χ4v) is 3.62. The summed E-state index contributed by atoms with van der Waals surface area (Å²) in [5.41, 5.74) is 0.967. The van der Waals surface area contributed by atoms with Gasteiger partial charge in [0.2, 0.25) is 0 Å². The van der Waals surface area contributed by atoms with Gasteiger partial charge in [0.05, 0.1) is 24.3 Å². The summed E-state index contributed by atoms with van der Waals surface area (Å²) in [6.07, 6.45) is -0.0906. The van der Waals surface area contributed by atoms with Crippen molar-refractivity contribution in [3.8, 4) is 10.8 Å². The van der Waals surface area contributed by atoms with E-state index in [1.54, 1.807) is 28.2 Å². The quantitative estimate of drug-likeness (QED) is 0.641. The molecule has 0 N–H and O–H groups in total. The lowest BCUT2D eigenvalue weighted by atomic mass is 10.1. The molecule has 1 atom stereocenters. The first-order valence-corrected chi connectivity index (χ1v) is 9.19. The highest BCUT2D eigenvalue weighted by molar-refractivity contribution is 7.71. The fourth-order valence-electron chi connectivity index (χ4n) is 2.79. The number of thiophene rings is 1. The molecule has 0 radical (unpaired) electrons. The van der Waals surface area contributed by atoms with Crippen LogP contribution in [0.3, 0.4) is 0 Å². The van der Waals surface area contributed by atoms with Crippen LogP contribution in [0.15, 0.2) is 46.2 Å². The number of benzene rings is 1. The Hall–Kier alpha value is -1.87. The molecule has 1 aliphatic heterocycles. The molecule has 130 valence electrons. The van der Waals surface area contributed by atoms with Crippen molar-refractivity contribution in [1.82, 2.24) is 14.7 Å². The van der Waals surface area contributed by atoms with Crippen molar-refractivity contribution in [3.05, 3.63) is 58.0 Å². The molecule has 3 heterocycles. The summed E-state index contributed by atoms with van der Waals surface area (Å²) in [4.78, 5) is 3.51. The molecule has 3 aromatic rings. The second-order valence-corrected chi connectivity index (χ2v) is 7.08. The molecule has 1 unspecified atom stereocenters. The second kappa shape index (κ2) is 7.17. The van der Waals surface area contributed by atoms with E-state index < -0.39 is 0 Å². The van der Waals surface area contributed by atoms with E-state index in [4.69, 9.17) is 21.4 Å². The standard InChI is InChI=1S/C17H16FN3O2S2/c18-13-5-3-12(4-6-13)14-10-20(7-8-22-14)11-21-17(24)23-16(19-21)15-2-1-9-25-15/h1-6,9,14H,7-8,10-11H2. The van der Waals surface area contributed by atoms with Crippen LogP contribution in [-0.2, 0) is 11.4 Å². The van der Waals surface area contributed by atoms with Crippen molar-refractivity contribution in [3.63, 3.8) is 0 Å². The Morgan fingerprint density at radius 1 is 1.28 bits per heavy atom. The van der Waals surface area contributed by atoms with Gasteiger partial charge >= 0.3 is 0 Å². The number of nitrogens with zero attached hydrogens (tertiary/aromatic N) is 3. The molecular weight excluding hydrogens is 361 g/mol. The van der Waals surface area contributed by atoms with Gasteiger partial charge in [0.25, 0.3) is 10.7 Å². The molecule has 0 bridgehead atoms. The van der Waals surface area contributed by atoms with Crippen LogP contribution in [-0.4, -0.2) is 34.4 Å². The van der Waals surface area contributed by atoms with Gasteiger partial charge < -0.3 is 9.15 Å². The Bertz CT molecular complexity index is 890. The zero-order valence-electron chi connectivity index (χ0n) is 13.3. The third-order valence-electron chi connectivity index (χ3n) is 4.06. The number of morpholine rings is 1. The van der Waals surface area contributed by atoms with E-state index in [2.05, 4.69) is 10.00 Å². The fraction of sp³-hybridized carbons (Fsp3) is 0.294. The number of halogens is 1. The van der Waals surface area contributed by atoms with Crippen LogP contribution in [0.2, 0.25) is 0 Å². The van der Waals surface area contributed by atoms with E-state index in [-0.39, 0.29) is 11.9 Å². The van der Waals surface area contributed by atoms with Gasteiger partial charge in [0, 0.05) is 13.1 Å². The van der Waals surface area contributed by atoms with E-state index in [9.17, 15) is 4.39 Å². The van der Waals surface area contributed by atoms with Gasteiger partial charge in [-0.25, -0.2) is 9.07 Å². The minimum atomic E-state index is -0.244. The van der Waals surface area contributed by atoms with Crippen molar-refractivity contribution in [1.29, 1.82) is 0 Å². The van der Waals surface area contributed by atoms with Gasteiger partial charge in [0.1, 0.15) is 5.82 Å². The number of aromatic nitrogens is 2. The maximum atomic E-state index is 13.1. The summed E-state index contributed by atoms with van der Waals surface area (Å²) >= 11 is 6.85. The smallest absolute Gasteiger partial charge is 0.288 e. The average Bonchev–Trinajstić information content (AvgIpc) is 3.26. The predicted octanol–water partition coefficient (Wildman–Crippen LogP) is 4.10. The van der Waals surface area contributed by atoms with E-state index in [1.807, 2.05) is 17.5 Å². The Kier molecular flexibility index (Phi) is 4.76. The molecule has 4 rings (SSSR count). The molecule has 0 spiro atoms. The molecule has 0 saturated carbocycles. The summed E-state index contributed by atoms with van der Waals surface area (Å²) in [5, 5.41) is 6.45. The Labute approximate surface area is 153 Å². The molecule has 0 amide bonds. The molecule has 0 aliphatic carbocycles. The summed E-state index contributed by atoms with van der Waals surface area (Å²) in [6.45, 7) is 2.61. The lowest BCUT2D eigenvalue weighted by Gasteiger charge is -2.32. The Balaban J connectivity index is 1.47. The molecule has 8 heteroatoms. The first-order valence-electron chi connectivity index (χ1n) is 7.90. The summed E-state index contributed by atoms with van der Waals surface area (Å²) < 4.78 is 26.2. The van der Waals surface area contributed by atoms with Gasteiger partial charge in [-0.1, -0.05) is 18.2 Å². The first-order chi connectivity index (χ1) is 12.2. The molecule has 1 aliphatic rings. The average molecular weight is 377 g/mol. The largest absolute Gasteiger partial charge is 0.408 e. The van der Waals surface area contributed by atoms with Crippen molar-refractivity contribution >= 4 is 23.6 Å². The van der Waals surface area contributed by atoms with Crippen molar-refractivity contribution in [2.75, 3.05) is 19.7 Å². The number of rotatable bonds is 4. The zero-order chi connectivity index (χ0) is 17.2. The maximum absolute atomic E-state index is 13.1. The minimum Gasteiger partial charge on any atom is -0.408 e. The van der Waals surface area contributed by atoms with Gasteiger partial charge in [-0.15, -0.1) is 16.4 Å². The van der Waals surface area contributed by atoms with E-state index >= 15 is 0 Å². The van der Waals surface area contributed by atoms with Crippen LogP contribution in [0.1, 0.15) is 11.7 Å². The van der Waals surface area contributed by atoms with E-state index in [0.717, 1.165) is 17.0 Å².